The Hall–Kier alpha value is -1.86. The molecule has 0 aliphatic carbocycles. The van der Waals surface area contributed by atoms with Crippen molar-refractivity contribution in [3.05, 3.63) is 22.7 Å². The smallest absolute Gasteiger partial charge is 0.348 e. The van der Waals surface area contributed by atoms with Gasteiger partial charge in [-0.05, 0) is 12.5 Å². The maximum absolute atomic E-state index is 11.6. The first-order valence-electron chi connectivity index (χ1n) is 6.76. The fourth-order valence-corrected chi connectivity index (χ4v) is 2.73. The highest BCUT2D eigenvalue weighted by atomic mass is 16.5. The molecule has 1 fully saturated rings. The van der Waals surface area contributed by atoms with E-state index >= 15 is 0 Å². The van der Waals surface area contributed by atoms with Crippen LogP contribution < -0.4 is 11.0 Å². The van der Waals surface area contributed by atoms with Crippen molar-refractivity contribution in [2.75, 3.05) is 12.4 Å². The number of hydrogen-bond acceptors (Lipinski definition) is 5. The summed E-state index contributed by atoms with van der Waals surface area (Å²) in [5, 5.41) is 13.7. The summed E-state index contributed by atoms with van der Waals surface area (Å²) in [7, 11) is 1.74. The van der Waals surface area contributed by atoms with Crippen LogP contribution in [0, 0.1) is 0 Å². The molecule has 1 saturated heterocycles. The summed E-state index contributed by atoms with van der Waals surface area (Å²) in [6.45, 7) is 1.98. The van der Waals surface area contributed by atoms with Crippen LogP contribution >= 0.6 is 0 Å². The average Bonchev–Trinajstić information content (AvgIpc) is 3.00. The summed E-state index contributed by atoms with van der Waals surface area (Å²) in [6, 6.07) is 1.87. The lowest BCUT2D eigenvalue weighted by Crippen LogP contribution is -2.19. The van der Waals surface area contributed by atoms with Crippen LogP contribution in [0.15, 0.2) is 17.1 Å². The fourth-order valence-electron chi connectivity index (χ4n) is 2.73. The Kier molecular flexibility index (Phi) is 3.23. The van der Waals surface area contributed by atoms with E-state index < -0.39 is 11.8 Å². The summed E-state index contributed by atoms with van der Waals surface area (Å²) >= 11 is 0. The Balaban J connectivity index is 2.05. The lowest BCUT2D eigenvalue weighted by atomic mass is 10.1. The molecule has 0 amide bonds. The minimum atomic E-state index is -0.479. The highest BCUT2D eigenvalue weighted by molar-refractivity contribution is 5.87. The number of nitrogens with one attached hydrogen (secondary N) is 2. The summed E-state index contributed by atoms with van der Waals surface area (Å²) < 4.78 is 7.64. The van der Waals surface area contributed by atoms with Crippen LogP contribution in [0.4, 0.5) is 5.82 Å². The number of H-pyrrole nitrogens is 1. The van der Waals surface area contributed by atoms with E-state index in [1.165, 1.54) is 0 Å². The first-order chi connectivity index (χ1) is 9.63. The minimum Gasteiger partial charge on any atom is -0.390 e. The van der Waals surface area contributed by atoms with Gasteiger partial charge in [0.2, 0.25) is 0 Å². The number of fused-ring (bicyclic) bond motifs is 1. The third-order valence-corrected chi connectivity index (χ3v) is 3.76. The van der Waals surface area contributed by atoms with Crippen LogP contribution in [0.2, 0.25) is 0 Å². The van der Waals surface area contributed by atoms with E-state index in [9.17, 15) is 9.90 Å². The molecule has 1 aliphatic heterocycles. The van der Waals surface area contributed by atoms with Crippen molar-refractivity contribution in [1.82, 2.24) is 14.5 Å². The number of ether oxygens (including phenoxy) is 1. The topological polar surface area (TPSA) is 92.2 Å². The van der Waals surface area contributed by atoms with Crippen LogP contribution in [0.3, 0.4) is 0 Å². The molecule has 2 aromatic heterocycles. The van der Waals surface area contributed by atoms with Crippen molar-refractivity contribution in [3.63, 3.8) is 0 Å². The molecular weight excluding hydrogens is 260 g/mol. The third kappa shape index (κ3) is 1.99. The molecule has 0 bridgehead atoms. The van der Waals surface area contributed by atoms with Crippen LogP contribution in [0.25, 0.3) is 11.0 Å². The minimum absolute atomic E-state index is 0.164. The molecule has 3 atom stereocenters. The van der Waals surface area contributed by atoms with Gasteiger partial charge in [-0.3, -0.25) is 4.98 Å². The van der Waals surface area contributed by atoms with Gasteiger partial charge >= 0.3 is 5.69 Å². The van der Waals surface area contributed by atoms with Crippen LogP contribution in [-0.4, -0.2) is 38.9 Å². The predicted octanol–water partition coefficient (Wildman–Crippen LogP) is 0.825. The molecular formula is C13H18N4O3. The average molecular weight is 278 g/mol. The van der Waals surface area contributed by atoms with E-state index in [1.54, 1.807) is 7.05 Å². The van der Waals surface area contributed by atoms with Gasteiger partial charge < -0.3 is 19.7 Å². The van der Waals surface area contributed by atoms with E-state index in [0.29, 0.717) is 17.9 Å². The maximum Gasteiger partial charge on any atom is 0.348 e. The molecule has 108 valence electrons. The molecule has 0 saturated carbocycles. The molecule has 0 radical (unpaired) electrons. The Morgan fingerprint density at radius 3 is 3.10 bits per heavy atom. The molecule has 7 heteroatoms. The Bertz CT molecular complexity index is 678. The first-order valence-corrected chi connectivity index (χ1v) is 6.76. The van der Waals surface area contributed by atoms with Gasteiger partial charge in [-0.2, -0.15) is 4.98 Å². The molecule has 0 aromatic carbocycles. The lowest BCUT2D eigenvalue weighted by molar-refractivity contribution is -0.0180. The summed E-state index contributed by atoms with van der Waals surface area (Å²) in [5.74, 6) is 0.629. The zero-order valence-corrected chi connectivity index (χ0v) is 11.5. The fraction of sp³-hybridized carbons (Fsp3) is 0.538. The summed E-state index contributed by atoms with van der Waals surface area (Å²) in [4.78, 5) is 18.3. The number of aromatic nitrogens is 3. The zero-order valence-electron chi connectivity index (χ0n) is 11.5. The van der Waals surface area contributed by atoms with Gasteiger partial charge in [-0.25, -0.2) is 4.79 Å². The molecule has 20 heavy (non-hydrogen) atoms. The SMILES string of the molecule is CC[C@H]1O[C@@H](n2ccc3c(NC)[nH]c(=O)nc32)C[C@H]1O. The van der Waals surface area contributed by atoms with Crippen LogP contribution in [0.1, 0.15) is 26.0 Å². The molecule has 1 aliphatic rings. The Labute approximate surface area is 115 Å². The van der Waals surface area contributed by atoms with Gasteiger partial charge in [-0.1, -0.05) is 6.92 Å². The van der Waals surface area contributed by atoms with E-state index in [1.807, 2.05) is 23.8 Å². The summed E-state index contributed by atoms with van der Waals surface area (Å²) in [5.41, 5.74) is 0.152. The number of aliphatic hydroxyl groups excluding tert-OH is 1. The van der Waals surface area contributed by atoms with Crippen molar-refractivity contribution in [1.29, 1.82) is 0 Å². The van der Waals surface area contributed by atoms with Gasteiger partial charge in [-0.15, -0.1) is 0 Å². The van der Waals surface area contributed by atoms with Crippen molar-refractivity contribution in [3.8, 4) is 0 Å². The van der Waals surface area contributed by atoms with Crippen molar-refractivity contribution < 1.29 is 9.84 Å². The van der Waals surface area contributed by atoms with E-state index in [-0.39, 0.29) is 12.3 Å². The normalized spacial score (nSPS) is 26.2. The highest BCUT2D eigenvalue weighted by Crippen LogP contribution is 2.33. The molecule has 0 spiro atoms. The Morgan fingerprint density at radius 2 is 2.45 bits per heavy atom. The molecule has 0 unspecified atom stereocenters. The van der Waals surface area contributed by atoms with Crippen molar-refractivity contribution in [2.45, 2.75) is 38.2 Å². The van der Waals surface area contributed by atoms with Gasteiger partial charge in [0.15, 0.2) is 5.65 Å². The van der Waals surface area contributed by atoms with Crippen LogP contribution in [-0.2, 0) is 4.74 Å². The second-order valence-corrected chi connectivity index (χ2v) is 4.97. The highest BCUT2D eigenvalue weighted by Gasteiger charge is 2.34. The van der Waals surface area contributed by atoms with E-state index in [0.717, 1.165) is 11.8 Å². The quantitative estimate of drug-likeness (QED) is 0.773. The Morgan fingerprint density at radius 1 is 1.65 bits per heavy atom. The number of aliphatic hydroxyl groups is 1. The number of aromatic amines is 1. The summed E-state index contributed by atoms with van der Waals surface area (Å²) in [6.07, 6.45) is 2.17. The zero-order chi connectivity index (χ0) is 14.3. The number of anilines is 1. The molecule has 3 heterocycles. The first kappa shape index (κ1) is 13.1. The number of rotatable bonds is 3. The molecule has 3 rings (SSSR count). The van der Waals surface area contributed by atoms with Gasteiger partial charge in [0.05, 0.1) is 17.6 Å². The van der Waals surface area contributed by atoms with E-state index in [4.69, 9.17) is 4.74 Å². The van der Waals surface area contributed by atoms with Crippen molar-refractivity contribution >= 4 is 16.9 Å². The number of nitrogens with zero attached hydrogens (tertiary/aromatic N) is 2. The van der Waals surface area contributed by atoms with Gasteiger partial charge in [0.25, 0.3) is 0 Å². The standard InChI is InChI=1S/C13H18N4O3/c1-3-9-8(18)6-10(20-9)17-5-4-7-11(14-2)15-13(19)16-12(7)17/h4-5,8-10,18H,3,6H2,1-2H3,(H2,14,15,16,19)/t8-,9-,10-/m1/s1. The second-order valence-electron chi connectivity index (χ2n) is 4.97. The molecule has 7 nitrogen and oxygen atoms in total. The van der Waals surface area contributed by atoms with Crippen LogP contribution in [0.5, 0.6) is 0 Å². The number of hydrogen-bond donors (Lipinski definition) is 3. The predicted molar refractivity (Wildman–Crippen MR) is 74.7 cm³/mol. The third-order valence-electron chi connectivity index (χ3n) is 3.76. The largest absolute Gasteiger partial charge is 0.390 e. The molecule has 2 aromatic rings. The lowest BCUT2D eigenvalue weighted by Gasteiger charge is -2.14. The molecule has 3 N–H and O–H groups in total. The second kappa shape index (κ2) is 4.92. The van der Waals surface area contributed by atoms with Crippen molar-refractivity contribution in [2.24, 2.45) is 0 Å². The van der Waals surface area contributed by atoms with E-state index in [2.05, 4.69) is 15.3 Å². The maximum atomic E-state index is 11.6. The van der Waals surface area contributed by atoms with Gasteiger partial charge in [0.1, 0.15) is 12.0 Å². The van der Waals surface area contributed by atoms with Gasteiger partial charge in [0, 0.05) is 19.7 Å². The monoisotopic (exact) mass is 278 g/mol.